The molecule has 3 saturated heterocycles. The zero-order valence-corrected chi connectivity index (χ0v) is 15.0. The van der Waals surface area contributed by atoms with Gasteiger partial charge in [-0.15, -0.1) is 0 Å². The van der Waals surface area contributed by atoms with E-state index in [1.54, 1.807) is 30.4 Å². The molecule has 0 aromatic carbocycles. The molecular weight excluding hydrogens is 336 g/mol. The lowest BCUT2D eigenvalue weighted by atomic mass is 10.0. The highest BCUT2D eigenvalue weighted by Crippen LogP contribution is 2.31. The summed E-state index contributed by atoms with van der Waals surface area (Å²) < 4.78 is 5.51. The standard InChI is InChI=1S/C17H24N6O3/c1-20-12-17(26-16(20)25)3-6-23(13-17)14(24)11-21-7-9-22(10-8-21)15-18-4-2-5-19-15/h2,4-5H,3,6-13H2,1H3/t17-/m1/s1. The van der Waals surface area contributed by atoms with E-state index in [4.69, 9.17) is 4.74 Å². The van der Waals surface area contributed by atoms with Crippen LogP contribution in [-0.4, -0.2) is 102 Å². The summed E-state index contributed by atoms with van der Waals surface area (Å²) in [4.78, 5) is 40.6. The van der Waals surface area contributed by atoms with Gasteiger partial charge in [-0.25, -0.2) is 14.8 Å². The Morgan fingerprint density at radius 2 is 1.88 bits per heavy atom. The van der Waals surface area contributed by atoms with Gasteiger partial charge in [0.15, 0.2) is 5.60 Å². The molecule has 1 aromatic rings. The number of likely N-dealkylation sites (N-methyl/N-ethyl adjacent to an activating group) is 1. The summed E-state index contributed by atoms with van der Waals surface area (Å²) >= 11 is 0. The van der Waals surface area contributed by atoms with Crippen molar-refractivity contribution in [3.8, 4) is 0 Å². The van der Waals surface area contributed by atoms with Crippen LogP contribution in [0.5, 0.6) is 0 Å². The number of likely N-dealkylation sites (tertiary alicyclic amines) is 1. The first-order chi connectivity index (χ1) is 12.5. The van der Waals surface area contributed by atoms with Crippen LogP contribution in [0.1, 0.15) is 6.42 Å². The van der Waals surface area contributed by atoms with E-state index < -0.39 is 5.60 Å². The van der Waals surface area contributed by atoms with Crippen LogP contribution < -0.4 is 4.90 Å². The first kappa shape index (κ1) is 17.0. The van der Waals surface area contributed by atoms with Gasteiger partial charge in [-0.1, -0.05) is 0 Å². The van der Waals surface area contributed by atoms with Gasteiger partial charge < -0.3 is 19.4 Å². The zero-order chi connectivity index (χ0) is 18.1. The van der Waals surface area contributed by atoms with Gasteiger partial charge >= 0.3 is 6.09 Å². The van der Waals surface area contributed by atoms with Crippen molar-refractivity contribution in [2.45, 2.75) is 12.0 Å². The number of nitrogens with zero attached hydrogens (tertiary/aromatic N) is 6. The number of ether oxygens (including phenoxy) is 1. The molecule has 9 heteroatoms. The Kier molecular flexibility index (Phi) is 4.39. The minimum atomic E-state index is -0.509. The third-order valence-electron chi connectivity index (χ3n) is 5.38. The number of hydrogen-bond acceptors (Lipinski definition) is 7. The number of piperazine rings is 1. The molecule has 0 bridgehead atoms. The van der Waals surface area contributed by atoms with E-state index in [1.165, 1.54) is 0 Å². The van der Waals surface area contributed by atoms with Crippen molar-refractivity contribution < 1.29 is 14.3 Å². The Morgan fingerprint density at radius 3 is 2.54 bits per heavy atom. The Bertz CT molecular complexity index is 678. The lowest BCUT2D eigenvalue weighted by molar-refractivity contribution is -0.132. The van der Waals surface area contributed by atoms with Crippen LogP contribution in [0.4, 0.5) is 10.7 Å². The summed E-state index contributed by atoms with van der Waals surface area (Å²) in [5.41, 5.74) is -0.509. The molecule has 140 valence electrons. The van der Waals surface area contributed by atoms with Crippen LogP contribution in [0.3, 0.4) is 0 Å². The molecule has 1 aromatic heterocycles. The van der Waals surface area contributed by atoms with Crippen molar-refractivity contribution in [1.29, 1.82) is 0 Å². The Balaban J connectivity index is 1.27. The third-order valence-corrected chi connectivity index (χ3v) is 5.38. The maximum absolute atomic E-state index is 12.7. The maximum atomic E-state index is 12.7. The van der Waals surface area contributed by atoms with Crippen molar-refractivity contribution in [2.75, 3.05) is 64.3 Å². The molecule has 0 N–H and O–H groups in total. The second kappa shape index (κ2) is 6.71. The van der Waals surface area contributed by atoms with Gasteiger partial charge in [0.05, 0.1) is 19.6 Å². The average Bonchev–Trinajstić information content (AvgIpc) is 3.19. The quantitative estimate of drug-likeness (QED) is 0.729. The van der Waals surface area contributed by atoms with E-state index in [0.717, 1.165) is 32.1 Å². The number of anilines is 1. The molecule has 3 aliphatic rings. The Labute approximate surface area is 152 Å². The van der Waals surface area contributed by atoms with E-state index in [-0.39, 0.29) is 12.0 Å². The number of rotatable bonds is 3. The van der Waals surface area contributed by atoms with Crippen LogP contribution in [0.15, 0.2) is 18.5 Å². The number of carbonyl (C=O) groups excluding carboxylic acids is 2. The summed E-state index contributed by atoms with van der Waals surface area (Å²) in [6.45, 7) is 5.35. The van der Waals surface area contributed by atoms with Gasteiger partial charge in [-0.05, 0) is 6.07 Å². The molecule has 4 heterocycles. The van der Waals surface area contributed by atoms with Gasteiger partial charge in [-0.3, -0.25) is 9.69 Å². The fourth-order valence-corrected chi connectivity index (χ4v) is 3.91. The second-order valence-electron chi connectivity index (χ2n) is 7.28. The summed E-state index contributed by atoms with van der Waals surface area (Å²) in [5.74, 6) is 0.851. The SMILES string of the molecule is CN1C[C@@]2(CCN(C(=O)CN3CCN(c4ncccn4)CC3)C2)OC1=O. The van der Waals surface area contributed by atoms with Crippen molar-refractivity contribution in [3.63, 3.8) is 0 Å². The van der Waals surface area contributed by atoms with E-state index in [2.05, 4.69) is 19.8 Å². The summed E-state index contributed by atoms with van der Waals surface area (Å²) in [7, 11) is 1.73. The van der Waals surface area contributed by atoms with Crippen molar-refractivity contribution >= 4 is 17.9 Å². The maximum Gasteiger partial charge on any atom is 0.410 e. The smallest absolute Gasteiger partial charge is 0.410 e. The highest BCUT2D eigenvalue weighted by atomic mass is 16.6. The number of amides is 2. The molecular formula is C17H24N6O3. The number of hydrogen-bond donors (Lipinski definition) is 0. The second-order valence-corrected chi connectivity index (χ2v) is 7.28. The Hall–Kier alpha value is -2.42. The molecule has 1 spiro atoms. The van der Waals surface area contributed by atoms with Crippen LogP contribution in [0.2, 0.25) is 0 Å². The fourth-order valence-electron chi connectivity index (χ4n) is 3.91. The molecule has 3 aliphatic heterocycles. The van der Waals surface area contributed by atoms with Crippen molar-refractivity contribution in [1.82, 2.24) is 24.7 Å². The number of aromatic nitrogens is 2. The van der Waals surface area contributed by atoms with Crippen molar-refractivity contribution in [3.05, 3.63) is 18.5 Å². The van der Waals surface area contributed by atoms with Gasteiger partial charge in [0, 0.05) is 58.6 Å². The average molecular weight is 360 g/mol. The minimum absolute atomic E-state index is 0.108. The van der Waals surface area contributed by atoms with Crippen molar-refractivity contribution in [2.24, 2.45) is 0 Å². The van der Waals surface area contributed by atoms with Gasteiger partial charge in [0.1, 0.15) is 0 Å². The highest BCUT2D eigenvalue weighted by Gasteiger charge is 2.49. The molecule has 26 heavy (non-hydrogen) atoms. The lowest BCUT2D eigenvalue weighted by Gasteiger charge is -2.35. The first-order valence-corrected chi connectivity index (χ1v) is 9.01. The lowest BCUT2D eigenvalue weighted by Crippen LogP contribution is -2.50. The predicted molar refractivity (Wildman–Crippen MR) is 93.7 cm³/mol. The van der Waals surface area contributed by atoms with Gasteiger partial charge in [0.25, 0.3) is 0 Å². The highest BCUT2D eigenvalue weighted by molar-refractivity contribution is 5.79. The molecule has 9 nitrogen and oxygen atoms in total. The fraction of sp³-hybridized carbons (Fsp3) is 0.647. The molecule has 3 fully saturated rings. The van der Waals surface area contributed by atoms with Crippen LogP contribution in [-0.2, 0) is 9.53 Å². The van der Waals surface area contributed by atoms with Crippen LogP contribution in [0.25, 0.3) is 0 Å². The third kappa shape index (κ3) is 3.31. The largest absolute Gasteiger partial charge is 0.439 e. The predicted octanol–water partition coefficient (Wildman–Crippen LogP) is -0.348. The van der Waals surface area contributed by atoms with Crippen LogP contribution >= 0.6 is 0 Å². The molecule has 2 amide bonds. The van der Waals surface area contributed by atoms with Gasteiger partial charge in [-0.2, -0.15) is 0 Å². The molecule has 0 radical (unpaired) electrons. The number of carbonyl (C=O) groups is 2. The molecule has 0 unspecified atom stereocenters. The molecule has 0 aliphatic carbocycles. The van der Waals surface area contributed by atoms with E-state index >= 15 is 0 Å². The topological polar surface area (TPSA) is 82.1 Å². The summed E-state index contributed by atoms with van der Waals surface area (Å²) in [6.07, 6.45) is 3.91. The Morgan fingerprint density at radius 1 is 1.15 bits per heavy atom. The minimum Gasteiger partial charge on any atom is -0.439 e. The first-order valence-electron chi connectivity index (χ1n) is 9.01. The summed E-state index contributed by atoms with van der Waals surface area (Å²) in [6, 6.07) is 1.81. The molecule has 4 rings (SSSR count). The monoisotopic (exact) mass is 360 g/mol. The van der Waals surface area contributed by atoms with E-state index in [1.807, 2.05) is 4.90 Å². The molecule has 0 saturated carbocycles. The van der Waals surface area contributed by atoms with Gasteiger partial charge in [0.2, 0.25) is 11.9 Å². The normalized spacial score (nSPS) is 26.7. The molecule has 1 atom stereocenters. The summed E-state index contributed by atoms with van der Waals surface area (Å²) in [5, 5.41) is 0. The van der Waals surface area contributed by atoms with Crippen LogP contribution in [0, 0.1) is 0 Å². The van der Waals surface area contributed by atoms with E-state index in [9.17, 15) is 9.59 Å². The zero-order valence-electron chi connectivity index (χ0n) is 15.0. The van der Waals surface area contributed by atoms with E-state index in [0.29, 0.717) is 32.6 Å².